The lowest BCUT2D eigenvalue weighted by atomic mass is 9.90. The highest BCUT2D eigenvalue weighted by atomic mass is 19.1. The van der Waals surface area contributed by atoms with E-state index in [0.717, 1.165) is 6.42 Å². The molecule has 1 unspecified atom stereocenters. The van der Waals surface area contributed by atoms with Crippen molar-refractivity contribution < 1.29 is 9.18 Å². The molecular formula is C16H18FNO. The van der Waals surface area contributed by atoms with Crippen LogP contribution in [0.1, 0.15) is 50.0 Å². The maximum Gasteiger partial charge on any atom is 0.154 e. The molecule has 1 fully saturated rings. The summed E-state index contributed by atoms with van der Waals surface area (Å²) >= 11 is 0. The van der Waals surface area contributed by atoms with Crippen LogP contribution in [0.15, 0.2) is 24.3 Å². The zero-order valence-corrected chi connectivity index (χ0v) is 10.9. The minimum atomic E-state index is -0.822. The molecule has 1 aliphatic carbocycles. The first-order valence-electron chi connectivity index (χ1n) is 6.88. The third kappa shape index (κ3) is 3.64. The topological polar surface area (TPSA) is 40.9 Å². The molecule has 0 aliphatic heterocycles. The maximum atomic E-state index is 13.1. The molecule has 2 rings (SSSR count). The lowest BCUT2D eigenvalue weighted by Gasteiger charge is -2.11. The Kier molecular flexibility index (Phi) is 4.68. The Morgan fingerprint density at radius 1 is 1.42 bits per heavy atom. The molecule has 3 heteroatoms. The zero-order chi connectivity index (χ0) is 13.7. The van der Waals surface area contributed by atoms with Crippen molar-refractivity contribution in [1.82, 2.24) is 0 Å². The van der Waals surface area contributed by atoms with Gasteiger partial charge in [0.25, 0.3) is 0 Å². The Morgan fingerprint density at radius 2 is 2.16 bits per heavy atom. The fraction of sp³-hybridized carbons (Fsp3) is 0.500. The van der Waals surface area contributed by atoms with E-state index in [2.05, 4.69) is 0 Å². The Balaban J connectivity index is 1.97. The summed E-state index contributed by atoms with van der Waals surface area (Å²) in [5.74, 6) is -0.672. The Bertz CT molecular complexity index is 486. The third-order valence-electron chi connectivity index (χ3n) is 3.91. The van der Waals surface area contributed by atoms with Gasteiger partial charge in [-0.25, -0.2) is 4.39 Å². The number of hydrogen-bond donors (Lipinski definition) is 0. The van der Waals surface area contributed by atoms with Gasteiger partial charge in [-0.1, -0.05) is 37.8 Å². The minimum absolute atomic E-state index is 0.0833. The number of carbonyl (C=O) groups is 1. The summed E-state index contributed by atoms with van der Waals surface area (Å²) < 4.78 is 13.1. The van der Waals surface area contributed by atoms with Gasteiger partial charge in [0.15, 0.2) is 5.78 Å². The van der Waals surface area contributed by atoms with Gasteiger partial charge in [-0.2, -0.15) is 5.26 Å². The molecule has 1 aliphatic rings. The molecular weight excluding hydrogens is 241 g/mol. The molecule has 1 aromatic carbocycles. The monoisotopic (exact) mass is 259 g/mol. The minimum Gasteiger partial charge on any atom is -0.298 e. The highest BCUT2D eigenvalue weighted by Crippen LogP contribution is 2.30. The molecule has 19 heavy (non-hydrogen) atoms. The molecule has 0 radical (unpaired) electrons. The molecule has 1 aromatic rings. The molecule has 0 saturated heterocycles. The molecule has 2 nitrogen and oxygen atoms in total. The van der Waals surface area contributed by atoms with Crippen LogP contribution >= 0.6 is 0 Å². The van der Waals surface area contributed by atoms with Gasteiger partial charge in [0.05, 0.1) is 6.07 Å². The number of nitrogens with zero attached hydrogens (tertiary/aromatic N) is 1. The maximum absolute atomic E-state index is 13.1. The van der Waals surface area contributed by atoms with E-state index < -0.39 is 11.7 Å². The van der Waals surface area contributed by atoms with E-state index in [4.69, 9.17) is 5.26 Å². The van der Waals surface area contributed by atoms with Crippen molar-refractivity contribution in [2.45, 2.75) is 44.4 Å². The van der Waals surface area contributed by atoms with Gasteiger partial charge >= 0.3 is 0 Å². The van der Waals surface area contributed by atoms with Crippen LogP contribution in [-0.2, 0) is 4.79 Å². The van der Waals surface area contributed by atoms with Gasteiger partial charge in [0.2, 0.25) is 0 Å². The number of Topliss-reactive ketones (excluding diaryl/α,β-unsaturated/α-hetero) is 1. The second-order valence-electron chi connectivity index (χ2n) is 5.27. The predicted octanol–water partition coefficient (Wildman–Crippen LogP) is 3.97. The molecule has 0 N–H and O–H groups in total. The first kappa shape index (κ1) is 13.7. The van der Waals surface area contributed by atoms with E-state index in [1.807, 2.05) is 6.07 Å². The summed E-state index contributed by atoms with van der Waals surface area (Å²) in [4.78, 5) is 12.1. The fourth-order valence-electron chi connectivity index (χ4n) is 2.81. The van der Waals surface area contributed by atoms with Gasteiger partial charge < -0.3 is 0 Å². The van der Waals surface area contributed by atoms with Gasteiger partial charge in [-0.3, -0.25) is 4.79 Å². The molecule has 0 aromatic heterocycles. The van der Waals surface area contributed by atoms with Gasteiger partial charge in [0.1, 0.15) is 11.7 Å². The first-order chi connectivity index (χ1) is 9.20. The fourth-order valence-corrected chi connectivity index (χ4v) is 2.81. The van der Waals surface area contributed by atoms with Crippen molar-refractivity contribution in [3.63, 3.8) is 0 Å². The van der Waals surface area contributed by atoms with Gasteiger partial charge in [-0.15, -0.1) is 0 Å². The second kappa shape index (κ2) is 6.47. The van der Waals surface area contributed by atoms with Crippen LogP contribution in [0.3, 0.4) is 0 Å². The van der Waals surface area contributed by atoms with E-state index in [9.17, 15) is 9.18 Å². The van der Waals surface area contributed by atoms with E-state index in [-0.39, 0.29) is 5.78 Å². The van der Waals surface area contributed by atoms with Crippen molar-refractivity contribution in [1.29, 1.82) is 5.26 Å². The zero-order valence-electron chi connectivity index (χ0n) is 10.9. The SMILES string of the molecule is N#CC(C(=O)CCC1CCCC1)c1cccc(F)c1. The van der Waals surface area contributed by atoms with Crippen LogP contribution in [0.4, 0.5) is 4.39 Å². The number of halogens is 1. The average Bonchev–Trinajstić information content (AvgIpc) is 2.90. The van der Waals surface area contributed by atoms with Crippen molar-refractivity contribution in [2.75, 3.05) is 0 Å². The van der Waals surface area contributed by atoms with Gasteiger partial charge in [-0.05, 0) is 30.0 Å². The number of carbonyl (C=O) groups excluding carboxylic acids is 1. The number of ketones is 1. The standard InChI is InChI=1S/C16H18FNO/c17-14-7-3-6-13(10-14)15(11-18)16(19)9-8-12-4-1-2-5-12/h3,6-7,10,12,15H,1-2,4-5,8-9H2. The molecule has 0 amide bonds. The summed E-state index contributed by atoms with van der Waals surface area (Å²) in [6.45, 7) is 0. The Morgan fingerprint density at radius 3 is 2.79 bits per heavy atom. The molecule has 0 spiro atoms. The first-order valence-corrected chi connectivity index (χ1v) is 6.88. The highest BCUT2D eigenvalue weighted by molar-refractivity contribution is 5.88. The summed E-state index contributed by atoms with van der Waals surface area (Å²) in [6.07, 6.45) is 6.20. The number of rotatable bonds is 5. The Labute approximate surface area is 113 Å². The van der Waals surface area contributed by atoms with Gasteiger partial charge in [0, 0.05) is 6.42 Å². The van der Waals surface area contributed by atoms with Crippen LogP contribution in [0.5, 0.6) is 0 Å². The molecule has 0 heterocycles. The van der Waals surface area contributed by atoms with Crippen LogP contribution in [-0.4, -0.2) is 5.78 Å². The summed E-state index contributed by atoms with van der Waals surface area (Å²) in [5, 5.41) is 9.14. The van der Waals surface area contributed by atoms with Crippen LogP contribution in [0, 0.1) is 23.1 Å². The summed E-state index contributed by atoms with van der Waals surface area (Å²) in [5.41, 5.74) is 0.471. The molecule has 1 saturated carbocycles. The number of benzene rings is 1. The lowest BCUT2D eigenvalue weighted by molar-refractivity contribution is -0.119. The van der Waals surface area contributed by atoms with Crippen LogP contribution < -0.4 is 0 Å². The van der Waals surface area contributed by atoms with Crippen molar-refractivity contribution in [3.05, 3.63) is 35.6 Å². The lowest BCUT2D eigenvalue weighted by Crippen LogP contribution is -2.12. The molecule has 100 valence electrons. The quantitative estimate of drug-likeness (QED) is 0.802. The van der Waals surface area contributed by atoms with E-state index in [1.54, 1.807) is 12.1 Å². The van der Waals surface area contributed by atoms with Crippen LogP contribution in [0.25, 0.3) is 0 Å². The Hall–Kier alpha value is -1.69. The second-order valence-corrected chi connectivity index (χ2v) is 5.27. The van der Waals surface area contributed by atoms with Crippen LogP contribution in [0.2, 0.25) is 0 Å². The largest absolute Gasteiger partial charge is 0.298 e. The van der Waals surface area contributed by atoms with Crippen molar-refractivity contribution in [3.8, 4) is 6.07 Å². The van der Waals surface area contributed by atoms with E-state index >= 15 is 0 Å². The average molecular weight is 259 g/mol. The number of hydrogen-bond acceptors (Lipinski definition) is 2. The molecule has 1 atom stereocenters. The predicted molar refractivity (Wildman–Crippen MR) is 71.0 cm³/mol. The molecule has 0 bridgehead atoms. The highest BCUT2D eigenvalue weighted by Gasteiger charge is 2.22. The summed E-state index contributed by atoms with van der Waals surface area (Å²) in [6, 6.07) is 7.79. The van der Waals surface area contributed by atoms with E-state index in [0.29, 0.717) is 17.9 Å². The van der Waals surface area contributed by atoms with Crippen molar-refractivity contribution in [2.24, 2.45) is 5.92 Å². The third-order valence-corrected chi connectivity index (χ3v) is 3.91. The van der Waals surface area contributed by atoms with Crippen molar-refractivity contribution >= 4 is 5.78 Å². The number of nitriles is 1. The van der Waals surface area contributed by atoms with E-state index in [1.165, 1.54) is 37.8 Å². The normalized spacial score (nSPS) is 17.1. The smallest absolute Gasteiger partial charge is 0.154 e. The summed E-state index contributed by atoms with van der Waals surface area (Å²) in [7, 11) is 0.